The molecule has 3 heteroatoms. The molecule has 0 saturated carbocycles. The molecule has 17 heavy (non-hydrogen) atoms. The van der Waals surface area contributed by atoms with E-state index in [9.17, 15) is 0 Å². The zero-order valence-electron chi connectivity index (χ0n) is 12.3. The number of piperidine rings is 1. The Morgan fingerprint density at radius 2 is 2.12 bits per heavy atom. The lowest BCUT2D eigenvalue weighted by Crippen LogP contribution is -2.54. The van der Waals surface area contributed by atoms with Gasteiger partial charge in [-0.05, 0) is 38.6 Å². The van der Waals surface area contributed by atoms with E-state index in [1.807, 2.05) is 0 Å². The SMILES string of the molecule is COCCN(CC1NCCCC1(C)C)C(C)C. The fourth-order valence-electron chi connectivity index (χ4n) is 2.59. The van der Waals surface area contributed by atoms with E-state index in [0.717, 1.165) is 19.7 Å². The van der Waals surface area contributed by atoms with E-state index < -0.39 is 0 Å². The van der Waals surface area contributed by atoms with Crippen LogP contribution < -0.4 is 5.32 Å². The summed E-state index contributed by atoms with van der Waals surface area (Å²) in [7, 11) is 1.78. The van der Waals surface area contributed by atoms with Crippen molar-refractivity contribution in [2.75, 3.05) is 33.4 Å². The van der Waals surface area contributed by atoms with Crippen LogP contribution >= 0.6 is 0 Å². The third-order valence-electron chi connectivity index (χ3n) is 4.06. The highest BCUT2D eigenvalue weighted by molar-refractivity contribution is 4.90. The first-order chi connectivity index (χ1) is 7.97. The molecule has 0 bridgehead atoms. The first-order valence-corrected chi connectivity index (χ1v) is 6.93. The molecule has 1 aliphatic rings. The van der Waals surface area contributed by atoms with Crippen LogP contribution in [0, 0.1) is 5.41 Å². The topological polar surface area (TPSA) is 24.5 Å². The predicted octanol–water partition coefficient (Wildman–Crippen LogP) is 2.12. The van der Waals surface area contributed by atoms with Crippen molar-refractivity contribution in [3.63, 3.8) is 0 Å². The summed E-state index contributed by atoms with van der Waals surface area (Å²) >= 11 is 0. The summed E-state index contributed by atoms with van der Waals surface area (Å²) < 4.78 is 5.20. The minimum Gasteiger partial charge on any atom is -0.383 e. The van der Waals surface area contributed by atoms with Crippen LogP contribution in [-0.2, 0) is 4.74 Å². The Kier molecular flexibility index (Phi) is 5.90. The number of hydrogen-bond donors (Lipinski definition) is 1. The minimum atomic E-state index is 0.415. The van der Waals surface area contributed by atoms with E-state index >= 15 is 0 Å². The van der Waals surface area contributed by atoms with Crippen molar-refractivity contribution in [3.8, 4) is 0 Å². The van der Waals surface area contributed by atoms with Crippen LogP contribution in [0.2, 0.25) is 0 Å². The molecule has 1 atom stereocenters. The maximum atomic E-state index is 5.20. The Morgan fingerprint density at radius 1 is 1.41 bits per heavy atom. The van der Waals surface area contributed by atoms with Gasteiger partial charge in [0.05, 0.1) is 6.61 Å². The van der Waals surface area contributed by atoms with Crippen LogP contribution in [0.15, 0.2) is 0 Å². The molecule has 3 nitrogen and oxygen atoms in total. The van der Waals surface area contributed by atoms with Gasteiger partial charge in [-0.3, -0.25) is 4.90 Å². The first kappa shape index (κ1) is 14.9. The second-order valence-corrected chi connectivity index (χ2v) is 6.18. The Hall–Kier alpha value is -0.120. The molecule has 1 heterocycles. The maximum Gasteiger partial charge on any atom is 0.0589 e. The second kappa shape index (κ2) is 6.72. The van der Waals surface area contributed by atoms with Gasteiger partial charge in [0.15, 0.2) is 0 Å². The molecular weight excluding hydrogens is 212 g/mol. The standard InChI is InChI=1S/C14H30N2O/c1-12(2)16(9-10-17-5)11-13-14(3,4)7-6-8-15-13/h12-13,15H,6-11H2,1-5H3. The molecule has 1 unspecified atom stereocenters. The van der Waals surface area contributed by atoms with Crippen LogP contribution in [0.3, 0.4) is 0 Å². The van der Waals surface area contributed by atoms with E-state index in [4.69, 9.17) is 4.74 Å². The zero-order valence-corrected chi connectivity index (χ0v) is 12.3. The highest BCUT2D eigenvalue weighted by Gasteiger charge is 2.33. The van der Waals surface area contributed by atoms with Gasteiger partial charge in [0, 0.05) is 32.3 Å². The van der Waals surface area contributed by atoms with Gasteiger partial charge in [-0.2, -0.15) is 0 Å². The molecule has 0 aliphatic carbocycles. The largest absolute Gasteiger partial charge is 0.383 e. The van der Waals surface area contributed by atoms with Crippen molar-refractivity contribution in [1.82, 2.24) is 10.2 Å². The molecule has 1 N–H and O–H groups in total. The van der Waals surface area contributed by atoms with Gasteiger partial charge >= 0.3 is 0 Å². The van der Waals surface area contributed by atoms with Crippen molar-refractivity contribution in [3.05, 3.63) is 0 Å². The molecule has 0 amide bonds. The lowest BCUT2D eigenvalue weighted by atomic mass is 9.77. The fraction of sp³-hybridized carbons (Fsp3) is 1.00. The molecule has 0 aromatic rings. The smallest absolute Gasteiger partial charge is 0.0589 e. The Labute approximate surface area is 107 Å². The van der Waals surface area contributed by atoms with E-state index in [2.05, 4.69) is 37.9 Å². The average molecular weight is 242 g/mol. The Balaban J connectivity index is 2.52. The van der Waals surface area contributed by atoms with Gasteiger partial charge in [-0.1, -0.05) is 13.8 Å². The molecule has 0 aromatic carbocycles. The number of nitrogens with one attached hydrogen (secondary N) is 1. The fourth-order valence-corrected chi connectivity index (χ4v) is 2.59. The molecule has 1 saturated heterocycles. The third kappa shape index (κ3) is 4.57. The molecule has 1 rings (SSSR count). The minimum absolute atomic E-state index is 0.415. The summed E-state index contributed by atoms with van der Waals surface area (Å²) in [5, 5.41) is 3.69. The Morgan fingerprint density at radius 3 is 2.65 bits per heavy atom. The second-order valence-electron chi connectivity index (χ2n) is 6.18. The van der Waals surface area contributed by atoms with Gasteiger partial charge < -0.3 is 10.1 Å². The van der Waals surface area contributed by atoms with Crippen molar-refractivity contribution in [2.24, 2.45) is 5.41 Å². The predicted molar refractivity (Wildman–Crippen MR) is 73.4 cm³/mol. The molecule has 1 aliphatic heterocycles. The Bertz CT molecular complexity index is 216. The summed E-state index contributed by atoms with van der Waals surface area (Å²) in [5.74, 6) is 0. The van der Waals surface area contributed by atoms with Crippen LogP contribution in [0.4, 0.5) is 0 Å². The molecule has 0 radical (unpaired) electrons. The number of nitrogens with zero attached hydrogens (tertiary/aromatic N) is 1. The van der Waals surface area contributed by atoms with E-state index in [1.165, 1.54) is 19.4 Å². The molecular formula is C14H30N2O. The van der Waals surface area contributed by atoms with Crippen LogP contribution in [-0.4, -0.2) is 50.3 Å². The summed E-state index contributed by atoms with van der Waals surface area (Å²) in [6, 6.07) is 1.19. The highest BCUT2D eigenvalue weighted by atomic mass is 16.5. The molecule has 0 spiro atoms. The normalized spacial score (nSPS) is 24.5. The summed E-state index contributed by atoms with van der Waals surface area (Å²) in [5.41, 5.74) is 0.415. The molecule has 102 valence electrons. The average Bonchev–Trinajstić information content (AvgIpc) is 2.25. The van der Waals surface area contributed by atoms with Gasteiger partial charge in [0.1, 0.15) is 0 Å². The van der Waals surface area contributed by atoms with Gasteiger partial charge in [0.2, 0.25) is 0 Å². The van der Waals surface area contributed by atoms with Crippen molar-refractivity contribution < 1.29 is 4.74 Å². The van der Waals surface area contributed by atoms with Crippen LogP contribution in [0.1, 0.15) is 40.5 Å². The lowest BCUT2D eigenvalue weighted by molar-refractivity contribution is 0.0838. The van der Waals surface area contributed by atoms with Crippen molar-refractivity contribution in [2.45, 2.75) is 52.6 Å². The highest BCUT2D eigenvalue weighted by Crippen LogP contribution is 2.30. The van der Waals surface area contributed by atoms with E-state index in [0.29, 0.717) is 17.5 Å². The third-order valence-corrected chi connectivity index (χ3v) is 4.06. The number of ether oxygens (including phenoxy) is 1. The molecule has 0 aromatic heterocycles. The zero-order chi connectivity index (χ0) is 12.9. The van der Waals surface area contributed by atoms with Gasteiger partial charge in [-0.15, -0.1) is 0 Å². The van der Waals surface area contributed by atoms with E-state index in [1.54, 1.807) is 7.11 Å². The number of rotatable bonds is 6. The van der Waals surface area contributed by atoms with Crippen molar-refractivity contribution >= 4 is 0 Å². The maximum absolute atomic E-state index is 5.20. The number of methoxy groups -OCH3 is 1. The molecule has 1 fully saturated rings. The van der Waals surface area contributed by atoms with Crippen LogP contribution in [0.25, 0.3) is 0 Å². The summed E-state index contributed by atoms with van der Waals surface area (Å²) in [4.78, 5) is 2.52. The quantitative estimate of drug-likeness (QED) is 0.772. The first-order valence-electron chi connectivity index (χ1n) is 6.93. The number of hydrogen-bond acceptors (Lipinski definition) is 3. The summed E-state index contributed by atoms with van der Waals surface area (Å²) in [6.07, 6.45) is 2.64. The van der Waals surface area contributed by atoms with Gasteiger partial charge in [0.25, 0.3) is 0 Å². The van der Waals surface area contributed by atoms with Crippen molar-refractivity contribution in [1.29, 1.82) is 0 Å². The van der Waals surface area contributed by atoms with Crippen LogP contribution in [0.5, 0.6) is 0 Å². The summed E-state index contributed by atoms with van der Waals surface area (Å²) in [6.45, 7) is 13.5. The van der Waals surface area contributed by atoms with E-state index in [-0.39, 0.29) is 0 Å². The van der Waals surface area contributed by atoms with Gasteiger partial charge in [-0.25, -0.2) is 0 Å². The lowest BCUT2D eigenvalue weighted by Gasteiger charge is -2.43. The monoisotopic (exact) mass is 242 g/mol.